The molecule has 118 valence electrons. The summed E-state index contributed by atoms with van der Waals surface area (Å²) in [5.41, 5.74) is 0. The van der Waals surface area contributed by atoms with Crippen LogP contribution in [0.3, 0.4) is 0 Å². The second-order valence-corrected chi connectivity index (χ2v) is 8.41. The van der Waals surface area contributed by atoms with Crippen LogP contribution in [0, 0.1) is 11.8 Å². The van der Waals surface area contributed by atoms with Gasteiger partial charge in [0.2, 0.25) is 0 Å². The smallest absolute Gasteiger partial charge is 0.281 e. The lowest BCUT2D eigenvalue weighted by atomic mass is 10.0. The van der Waals surface area contributed by atoms with Gasteiger partial charge in [-0.05, 0) is 44.7 Å². The van der Waals surface area contributed by atoms with Gasteiger partial charge in [0.05, 0.1) is 0 Å². The summed E-state index contributed by atoms with van der Waals surface area (Å²) >= 11 is 0. The Bertz CT molecular complexity index is 413. The molecule has 0 radical (unpaired) electrons. The lowest BCUT2D eigenvalue weighted by Crippen LogP contribution is -2.47. The van der Waals surface area contributed by atoms with Crippen LogP contribution in [0.5, 0.6) is 0 Å². The minimum atomic E-state index is -3.22. The van der Waals surface area contributed by atoms with Gasteiger partial charge >= 0.3 is 0 Å². The SMILES string of the molecule is CCN(C)C[C@@H]1CCN(S(=O)(=O)N2CCC[C@H](C)C2)C1. The first kappa shape index (κ1) is 16.2. The Balaban J connectivity index is 1.94. The molecule has 0 N–H and O–H groups in total. The third-order valence-corrected chi connectivity index (χ3v) is 6.60. The lowest BCUT2D eigenvalue weighted by Gasteiger charge is -2.33. The van der Waals surface area contributed by atoms with E-state index in [9.17, 15) is 8.42 Å². The molecule has 2 aliphatic heterocycles. The van der Waals surface area contributed by atoms with E-state index in [2.05, 4.69) is 25.8 Å². The molecule has 0 aromatic rings. The van der Waals surface area contributed by atoms with Gasteiger partial charge in [-0.25, -0.2) is 0 Å². The van der Waals surface area contributed by atoms with Crippen LogP contribution in [0.4, 0.5) is 0 Å². The van der Waals surface area contributed by atoms with Crippen molar-refractivity contribution >= 4 is 10.2 Å². The molecular formula is C14H29N3O2S. The molecule has 0 spiro atoms. The van der Waals surface area contributed by atoms with Crippen molar-refractivity contribution in [2.24, 2.45) is 11.8 Å². The predicted molar refractivity (Wildman–Crippen MR) is 81.7 cm³/mol. The highest BCUT2D eigenvalue weighted by Gasteiger charge is 2.37. The molecular weight excluding hydrogens is 274 g/mol. The van der Waals surface area contributed by atoms with E-state index in [0.29, 0.717) is 38.0 Å². The highest BCUT2D eigenvalue weighted by atomic mass is 32.2. The molecule has 0 aromatic carbocycles. The Morgan fingerprint density at radius 1 is 1.15 bits per heavy atom. The molecule has 0 aliphatic carbocycles. The van der Waals surface area contributed by atoms with Gasteiger partial charge in [-0.3, -0.25) is 0 Å². The Kier molecular flexibility index (Phi) is 5.45. The van der Waals surface area contributed by atoms with Gasteiger partial charge in [-0.15, -0.1) is 0 Å². The molecule has 0 bridgehead atoms. The summed E-state index contributed by atoms with van der Waals surface area (Å²) in [5, 5.41) is 0. The summed E-state index contributed by atoms with van der Waals surface area (Å²) in [7, 11) is -1.12. The zero-order valence-electron chi connectivity index (χ0n) is 13.1. The quantitative estimate of drug-likeness (QED) is 0.767. The van der Waals surface area contributed by atoms with Gasteiger partial charge in [0, 0.05) is 32.7 Å². The number of hydrogen-bond donors (Lipinski definition) is 0. The van der Waals surface area contributed by atoms with Gasteiger partial charge in [-0.1, -0.05) is 13.8 Å². The molecule has 20 heavy (non-hydrogen) atoms. The zero-order valence-corrected chi connectivity index (χ0v) is 13.9. The van der Waals surface area contributed by atoms with Crippen LogP contribution in [-0.2, 0) is 10.2 Å². The number of nitrogens with zero attached hydrogens (tertiary/aromatic N) is 3. The molecule has 5 nitrogen and oxygen atoms in total. The highest BCUT2D eigenvalue weighted by Crippen LogP contribution is 2.25. The van der Waals surface area contributed by atoms with Crippen LogP contribution in [0.1, 0.15) is 33.1 Å². The van der Waals surface area contributed by atoms with Crippen LogP contribution >= 0.6 is 0 Å². The van der Waals surface area contributed by atoms with Crippen molar-refractivity contribution in [2.45, 2.75) is 33.1 Å². The van der Waals surface area contributed by atoms with Crippen molar-refractivity contribution in [1.82, 2.24) is 13.5 Å². The number of piperidine rings is 1. The van der Waals surface area contributed by atoms with Gasteiger partial charge < -0.3 is 4.90 Å². The molecule has 2 rings (SSSR count). The Labute approximate surface area is 124 Å². The van der Waals surface area contributed by atoms with Gasteiger partial charge in [-0.2, -0.15) is 17.0 Å². The van der Waals surface area contributed by atoms with E-state index in [4.69, 9.17) is 0 Å². The highest BCUT2D eigenvalue weighted by molar-refractivity contribution is 7.86. The fourth-order valence-corrected chi connectivity index (χ4v) is 5.11. The number of hydrogen-bond acceptors (Lipinski definition) is 3. The summed E-state index contributed by atoms with van der Waals surface area (Å²) in [4.78, 5) is 2.27. The molecule has 0 aromatic heterocycles. The molecule has 0 saturated carbocycles. The molecule has 2 saturated heterocycles. The van der Waals surface area contributed by atoms with E-state index in [1.165, 1.54) is 0 Å². The van der Waals surface area contributed by atoms with Crippen LogP contribution in [-0.4, -0.2) is 68.2 Å². The van der Waals surface area contributed by atoms with Crippen LogP contribution in [0.25, 0.3) is 0 Å². The molecule has 2 atom stereocenters. The molecule has 2 aliphatic rings. The van der Waals surface area contributed by atoms with Crippen molar-refractivity contribution in [3.05, 3.63) is 0 Å². The molecule has 6 heteroatoms. The van der Waals surface area contributed by atoms with E-state index in [1.54, 1.807) is 8.61 Å². The van der Waals surface area contributed by atoms with E-state index in [0.717, 1.165) is 32.4 Å². The fraction of sp³-hybridized carbons (Fsp3) is 1.00. The Morgan fingerprint density at radius 2 is 1.85 bits per heavy atom. The van der Waals surface area contributed by atoms with Gasteiger partial charge in [0.25, 0.3) is 10.2 Å². The summed E-state index contributed by atoms with van der Waals surface area (Å²) in [5.74, 6) is 0.972. The molecule has 0 unspecified atom stereocenters. The average molecular weight is 303 g/mol. The van der Waals surface area contributed by atoms with E-state index < -0.39 is 10.2 Å². The average Bonchev–Trinajstić information content (AvgIpc) is 2.87. The largest absolute Gasteiger partial charge is 0.306 e. The normalized spacial score (nSPS) is 30.2. The lowest BCUT2D eigenvalue weighted by molar-refractivity contribution is 0.258. The Morgan fingerprint density at radius 3 is 2.50 bits per heavy atom. The van der Waals surface area contributed by atoms with Crippen LogP contribution < -0.4 is 0 Å². The van der Waals surface area contributed by atoms with Crippen molar-refractivity contribution in [3.63, 3.8) is 0 Å². The van der Waals surface area contributed by atoms with Crippen molar-refractivity contribution in [2.75, 3.05) is 46.3 Å². The predicted octanol–water partition coefficient (Wildman–Crippen LogP) is 1.24. The van der Waals surface area contributed by atoms with E-state index >= 15 is 0 Å². The molecule has 2 heterocycles. The zero-order chi connectivity index (χ0) is 14.8. The summed E-state index contributed by atoms with van der Waals surface area (Å²) < 4.78 is 28.8. The molecule has 0 amide bonds. The monoisotopic (exact) mass is 303 g/mol. The minimum absolute atomic E-state index is 0.483. The van der Waals surface area contributed by atoms with Crippen molar-refractivity contribution in [1.29, 1.82) is 0 Å². The molecule has 2 fully saturated rings. The topological polar surface area (TPSA) is 43.9 Å². The Hall–Kier alpha value is -0.170. The van der Waals surface area contributed by atoms with Crippen molar-refractivity contribution < 1.29 is 8.42 Å². The maximum absolute atomic E-state index is 12.7. The first-order valence-corrected chi connectivity index (χ1v) is 9.27. The van der Waals surface area contributed by atoms with Crippen LogP contribution in [0.2, 0.25) is 0 Å². The van der Waals surface area contributed by atoms with E-state index in [-0.39, 0.29) is 0 Å². The maximum Gasteiger partial charge on any atom is 0.281 e. The minimum Gasteiger partial charge on any atom is -0.306 e. The van der Waals surface area contributed by atoms with Crippen molar-refractivity contribution in [3.8, 4) is 0 Å². The fourth-order valence-electron chi connectivity index (χ4n) is 3.24. The summed E-state index contributed by atoms with van der Waals surface area (Å²) in [6.45, 7) is 9.07. The second kappa shape index (κ2) is 6.73. The van der Waals surface area contributed by atoms with Gasteiger partial charge in [0.1, 0.15) is 0 Å². The first-order chi connectivity index (χ1) is 9.43. The second-order valence-electron chi connectivity index (χ2n) is 6.48. The third kappa shape index (κ3) is 3.72. The first-order valence-electron chi connectivity index (χ1n) is 7.87. The van der Waals surface area contributed by atoms with E-state index in [1.807, 2.05) is 0 Å². The third-order valence-electron chi connectivity index (χ3n) is 4.63. The van der Waals surface area contributed by atoms with Gasteiger partial charge in [0.15, 0.2) is 0 Å². The van der Waals surface area contributed by atoms with Crippen LogP contribution in [0.15, 0.2) is 0 Å². The summed E-state index contributed by atoms with van der Waals surface area (Å²) in [6, 6.07) is 0. The maximum atomic E-state index is 12.7. The summed E-state index contributed by atoms with van der Waals surface area (Å²) in [6.07, 6.45) is 3.14. The standard InChI is InChI=1S/C14H29N3O2S/c1-4-15(3)11-14-7-9-17(12-14)20(18,19)16-8-5-6-13(2)10-16/h13-14H,4-12H2,1-3H3/t13-,14-/m0/s1. The number of rotatable bonds is 5.